The maximum absolute atomic E-state index is 12.4. The second-order valence-corrected chi connectivity index (χ2v) is 24.3. The Bertz CT molecular complexity index is 4250. The summed E-state index contributed by atoms with van der Waals surface area (Å²) in [5.74, 6) is -1.56. The Morgan fingerprint density at radius 1 is 0.760 bits per heavy atom. The van der Waals surface area contributed by atoms with E-state index in [1.165, 1.54) is 28.7 Å². The quantitative estimate of drug-likeness (QED) is 0.0190. The molecule has 6 N–H and O–H groups in total. The van der Waals surface area contributed by atoms with Gasteiger partial charge in [-0.2, -0.15) is 44.0 Å². The van der Waals surface area contributed by atoms with E-state index in [4.69, 9.17) is 4.74 Å². The van der Waals surface area contributed by atoms with E-state index in [1.54, 1.807) is 44.2 Å². The van der Waals surface area contributed by atoms with Crippen LogP contribution < -0.4 is 4.74 Å². The highest BCUT2D eigenvalue weighted by molar-refractivity contribution is 7.99. The number of aryl methyl sites for hydroxylation is 1. The fourth-order valence-electron chi connectivity index (χ4n) is 7.48. The summed E-state index contributed by atoms with van der Waals surface area (Å²) in [6, 6.07) is 19.2. The van der Waals surface area contributed by atoms with Crippen LogP contribution in [0.15, 0.2) is 118 Å². The number of nitrogens with zero attached hydrogens (tertiary/aromatic N) is 10. The molecule has 0 fully saturated rings. The maximum atomic E-state index is 12.4. The summed E-state index contributed by atoms with van der Waals surface area (Å²) in [7, 11) is -18.2. The number of fused-ring (bicyclic) bond motifs is 6. The van der Waals surface area contributed by atoms with Gasteiger partial charge < -0.3 is 14.9 Å². The summed E-state index contributed by atoms with van der Waals surface area (Å²) < 4.78 is 141. The minimum Gasteiger partial charge on any atom is -0.493 e. The fourth-order valence-corrected chi connectivity index (χ4v) is 11.8. The highest BCUT2D eigenvalue weighted by Crippen LogP contribution is 2.44. The molecule has 0 atom stereocenters. The van der Waals surface area contributed by atoms with Gasteiger partial charge in [-0.15, -0.1) is 37.3 Å². The largest absolute Gasteiger partial charge is 0.493 e. The number of imidazole rings is 1. The number of aliphatic hydroxyl groups is 1. The van der Waals surface area contributed by atoms with Gasteiger partial charge in [0.25, 0.3) is 40.5 Å². The standard InChI is InChI=1S/C44H38N10O15S6/c1-23-15-34(37(70-12-6-14-73(60,61)62)20-31(23)48-53-44-47-40-38(75(66,67)68)17-25-9-10-27(74(63,64)65)18-28(25)41(40)71-44)51-49-32-19-36(69-11-5-13-72(57,58)59)33(16-26(32)22-55)50-52-39-24(2)29(21-45)42-46-30-7-3-4-8-35(30)54(42)43(39)56/h3-4,7-10,15-20,55-56H,5-6,11-14,22H2,1-2H3,(H,57,58,59)(H,60,61,62)(H,63,64,65)(H,66,67,68). The molecular formula is C44H38N10O15S6. The van der Waals surface area contributed by atoms with Crippen LogP contribution in [0.2, 0.25) is 0 Å². The van der Waals surface area contributed by atoms with Crippen LogP contribution >= 0.6 is 23.1 Å². The number of ether oxygens (including phenoxy) is 1. The lowest BCUT2D eigenvalue weighted by atomic mass is 10.1. The first-order chi connectivity index (χ1) is 35.3. The van der Waals surface area contributed by atoms with Gasteiger partial charge in [-0.1, -0.05) is 29.5 Å². The number of aromatic nitrogens is 3. The van der Waals surface area contributed by atoms with Gasteiger partial charge >= 0.3 is 0 Å². The Morgan fingerprint density at radius 3 is 2.15 bits per heavy atom. The maximum Gasteiger partial charge on any atom is 0.296 e. The zero-order valence-corrected chi connectivity index (χ0v) is 43.6. The molecule has 5 aromatic carbocycles. The van der Waals surface area contributed by atoms with Crippen LogP contribution in [0.5, 0.6) is 11.6 Å². The van der Waals surface area contributed by atoms with Crippen molar-refractivity contribution in [2.75, 3.05) is 23.9 Å². The van der Waals surface area contributed by atoms with Crippen molar-refractivity contribution in [3.63, 3.8) is 0 Å². The topological polar surface area (TPSA) is 395 Å². The zero-order valence-electron chi connectivity index (χ0n) is 38.7. The van der Waals surface area contributed by atoms with Crippen LogP contribution in [0.25, 0.3) is 37.7 Å². The lowest BCUT2D eigenvalue weighted by Crippen LogP contribution is -2.08. The summed E-state index contributed by atoms with van der Waals surface area (Å²) in [4.78, 5) is 8.02. The molecule has 0 saturated heterocycles. The number of rotatable bonds is 19. The van der Waals surface area contributed by atoms with E-state index in [2.05, 4.69) is 46.7 Å². The Labute approximate surface area is 434 Å². The Morgan fingerprint density at radius 2 is 1.45 bits per heavy atom. The molecule has 0 aliphatic carbocycles. The SMILES string of the molecule is Cc1cc(N=Nc2cc(OCCCS(=O)(=O)O)c(N=Nc3c(C)c(C#N)c4nc5ccccc5n4c3O)cc2CO)c(SCCCS(=O)(=O)O)cc1N=Nc1nc2c(S(=O)(=O)O)cc3ccc(S(=O)(=O)O)cc3c2s1. The minimum atomic E-state index is -4.87. The number of azo groups is 3. The molecule has 3 heterocycles. The summed E-state index contributed by atoms with van der Waals surface area (Å²) in [5, 5.41) is 58.4. The molecule has 8 aromatic rings. The van der Waals surface area contributed by atoms with Crippen LogP contribution in [-0.2, 0) is 47.1 Å². The third-order valence-electron chi connectivity index (χ3n) is 11.0. The second kappa shape index (κ2) is 21.3. The number of hydrogen-bond acceptors (Lipinski definition) is 22. The molecule has 0 aliphatic rings. The normalized spacial score (nSPS) is 12.9. The van der Waals surface area contributed by atoms with Crippen LogP contribution in [0.4, 0.5) is 33.6 Å². The highest BCUT2D eigenvalue weighted by atomic mass is 32.2. The molecule has 0 saturated carbocycles. The average molecular weight is 1140 g/mol. The van der Waals surface area contributed by atoms with Crippen molar-refractivity contribution in [3.8, 4) is 17.7 Å². The number of aliphatic hydroxyl groups excluding tert-OH is 1. The monoisotopic (exact) mass is 1140 g/mol. The van der Waals surface area contributed by atoms with Crippen LogP contribution in [0.1, 0.15) is 35.1 Å². The van der Waals surface area contributed by atoms with Gasteiger partial charge in [-0.05, 0) is 91.9 Å². The van der Waals surface area contributed by atoms with E-state index in [0.717, 1.165) is 41.3 Å². The second-order valence-electron chi connectivity index (χ2n) is 16.2. The van der Waals surface area contributed by atoms with Crippen LogP contribution in [0.3, 0.4) is 0 Å². The average Bonchev–Trinajstić information content (AvgIpc) is 3.95. The molecule has 0 radical (unpaired) electrons. The van der Waals surface area contributed by atoms with Crippen molar-refractivity contribution in [2.24, 2.45) is 30.7 Å². The third-order valence-corrected chi connectivity index (χ3v) is 16.4. The lowest BCUT2D eigenvalue weighted by molar-refractivity contribution is 0.281. The predicted molar refractivity (Wildman–Crippen MR) is 275 cm³/mol. The van der Waals surface area contributed by atoms with Gasteiger partial charge in [0.15, 0.2) is 11.3 Å². The molecule has 0 bridgehead atoms. The van der Waals surface area contributed by atoms with Gasteiger partial charge in [0.05, 0.1) is 62.4 Å². The predicted octanol–water partition coefficient (Wildman–Crippen LogP) is 9.70. The first-order valence-corrected chi connectivity index (χ1v) is 29.4. The van der Waals surface area contributed by atoms with E-state index >= 15 is 0 Å². The molecular weight excluding hydrogens is 1100 g/mol. The molecule has 0 aliphatic heterocycles. The Kier molecular flexibility index (Phi) is 15.5. The van der Waals surface area contributed by atoms with Gasteiger partial charge in [0, 0.05) is 27.5 Å². The Hall–Kier alpha value is -6.96. The molecule has 0 spiro atoms. The van der Waals surface area contributed by atoms with Gasteiger partial charge in [-0.3, -0.25) is 22.6 Å². The van der Waals surface area contributed by atoms with Crippen LogP contribution in [0, 0.1) is 25.2 Å². The zero-order chi connectivity index (χ0) is 54.2. The number of para-hydroxylation sites is 2. The summed E-state index contributed by atoms with van der Waals surface area (Å²) >= 11 is 1.90. The number of pyridine rings is 1. The van der Waals surface area contributed by atoms with Crippen molar-refractivity contribution in [2.45, 2.75) is 48.0 Å². The molecule has 25 nitrogen and oxygen atoms in total. The summed E-state index contributed by atoms with van der Waals surface area (Å²) in [5.41, 5.74) is 2.04. The van der Waals surface area contributed by atoms with Crippen molar-refractivity contribution >= 4 is 135 Å². The van der Waals surface area contributed by atoms with Crippen molar-refractivity contribution in [1.82, 2.24) is 14.4 Å². The Balaban J connectivity index is 1.18. The number of hydrogen-bond donors (Lipinski definition) is 6. The van der Waals surface area contributed by atoms with Crippen molar-refractivity contribution in [1.29, 1.82) is 5.26 Å². The van der Waals surface area contributed by atoms with Gasteiger partial charge in [-0.25, -0.2) is 9.97 Å². The third kappa shape index (κ3) is 12.3. The molecule has 8 rings (SSSR count). The molecule has 3 aromatic heterocycles. The number of nitriles is 1. The smallest absolute Gasteiger partial charge is 0.296 e. The number of thioether (sulfide) groups is 1. The van der Waals surface area contributed by atoms with E-state index in [0.29, 0.717) is 21.5 Å². The molecule has 390 valence electrons. The van der Waals surface area contributed by atoms with E-state index in [-0.39, 0.29) is 108 Å². The van der Waals surface area contributed by atoms with E-state index < -0.39 is 74.3 Å². The molecule has 0 unspecified atom stereocenters. The molecule has 75 heavy (non-hydrogen) atoms. The summed E-state index contributed by atoms with van der Waals surface area (Å²) in [6.45, 7) is 2.24. The van der Waals surface area contributed by atoms with Gasteiger partial charge in [0.1, 0.15) is 33.5 Å². The highest BCUT2D eigenvalue weighted by Gasteiger charge is 2.24. The van der Waals surface area contributed by atoms with E-state index in [1.807, 2.05) is 0 Å². The van der Waals surface area contributed by atoms with Crippen molar-refractivity contribution in [3.05, 3.63) is 95.1 Å². The number of aromatic hydroxyl groups is 1. The van der Waals surface area contributed by atoms with Crippen molar-refractivity contribution < 1.29 is 66.8 Å². The molecule has 31 heteroatoms. The first kappa shape index (κ1) is 54.3. The van der Waals surface area contributed by atoms with Crippen LogP contribution in [-0.4, -0.2) is 100 Å². The first-order valence-electron chi connectivity index (χ1n) is 21.5. The van der Waals surface area contributed by atoms with E-state index in [9.17, 15) is 67.4 Å². The van der Waals surface area contributed by atoms with Gasteiger partial charge in [0.2, 0.25) is 11.0 Å². The molecule has 0 amide bonds. The lowest BCUT2D eigenvalue weighted by Gasteiger charge is -2.13. The number of thiazole rings is 1. The summed E-state index contributed by atoms with van der Waals surface area (Å²) in [6.07, 6.45) is -0.185. The number of benzene rings is 5. The minimum absolute atomic E-state index is 0.00921. The fraction of sp³-hybridized carbons (Fsp3) is 0.205.